The molecule has 0 fully saturated rings. The molecule has 0 aliphatic heterocycles. The molecule has 2 rings (SSSR count). The zero-order valence-corrected chi connectivity index (χ0v) is 12.7. The van der Waals surface area contributed by atoms with Crippen LogP contribution in [0.4, 0.5) is 5.69 Å². The largest absolute Gasteiger partial charge is 0.495 e. The van der Waals surface area contributed by atoms with Crippen LogP contribution in [0.3, 0.4) is 0 Å². The maximum atomic E-state index is 11.1. The van der Waals surface area contributed by atoms with Crippen molar-refractivity contribution in [3.63, 3.8) is 0 Å². The number of primary amides is 1. The topological polar surface area (TPSA) is 64.3 Å². The summed E-state index contributed by atoms with van der Waals surface area (Å²) in [5.41, 5.74) is 8.67. The Balaban J connectivity index is 2.17. The third kappa shape index (κ3) is 3.67. The lowest BCUT2D eigenvalue weighted by atomic mass is 10.0. The van der Waals surface area contributed by atoms with Gasteiger partial charge in [-0.05, 0) is 48.4 Å². The van der Waals surface area contributed by atoms with Gasteiger partial charge < -0.3 is 15.8 Å². The van der Waals surface area contributed by atoms with Crippen LogP contribution >= 0.6 is 11.6 Å². The molecule has 0 aromatic heterocycles. The number of halogens is 1. The molecule has 0 bridgehead atoms. The minimum Gasteiger partial charge on any atom is -0.495 e. The molecule has 1 amide bonds. The highest BCUT2D eigenvalue weighted by atomic mass is 35.5. The molecule has 0 saturated carbocycles. The first-order valence-corrected chi connectivity index (χ1v) is 6.86. The quantitative estimate of drug-likeness (QED) is 0.890. The number of aryl methyl sites for hydroxylation is 1. The first-order valence-electron chi connectivity index (χ1n) is 6.48. The lowest BCUT2D eigenvalue weighted by Crippen LogP contribution is -2.12. The maximum absolute atomic E-state index is 11.1. The van der Waals surface area contributed by atoms with Crippen molar-refractivity contribution in [2.75, 3.05) is 12.4 Å². The van der Waals surface area contributed by atoms with E-state index in [9.17, 15) is 4.79 Å². The SMILES string of the molecule is COc1ccc(Cl)cc1NCc1ccc(C(N)=O)cc1C. The lowest BCUT2D eigenvalue weighted by molar-refractivity contribution is 0.1000. The van der Waals surface area contributed by atoms with Gasteiger partial charge in [0.2, 0.25) is 5.91 Å². The highest BCUT2D eigenvalue weighted by Gasteiger charge is 2.07. The van der Waals surface area contributed by atoms with E-state index < -0.39 is 5.91 Å². The Morgan fingerprint density at radius 1 is 1.29 bits per heavy atom. The fourth-order valence-electron chi connectivity index (χ4n) is 2.06. The van der Waals surface area contributed by atoms with E-state index in [4.69, 9.17) is 22.1 Å². The molecule has 0 aliphatic rings. The van der Waals surface area contributed by atoms with Gasteiger partial charge in [-0.25, -0.2) is 0 Å². The molecule has 5 heteroatoms. The molecule has 0 saturated heterocycles. The minimum absolute atomic E-state index is 0.422. The number of amides is 1. The zero-order chi connectivity index (χ0) is 15.4. The van der Waals surface area contributed by atoms with Gasteiger partial charge >= 0.3 is 0 Å². The van der Waals surface area contributed by atoms with Crippen molar-refractivity contribution >= 4 is 23.2 Å². The normalized spacial score (nSPS) is 10.2. The second kappa shape index (κ2) is 6.50. The van der Waals surface area contributed by atoms with E-state index in [2.05, 4.69) is 5.32 Å². The number of nitrogens with two attached hydrogens (primary N) is 1. The maximum Gasteiger partial charge on any atom is 0.248 e. The predicted molar refractivity (Wildman–Crippen MR) is 85.0 cm³/mol. The van der Waals surface area contributed by atoms with Crippen LogP contribution in [-0.4, -0.2) is 13.0 Å². The Labute approximate surface area is 128 Å². The molecule has 2 aromatic rings. The number of carbonyl (C=O) groups is 1. The summed E-state index contributed by atoms with van der Waals surface area (Å²) in [6.07, 6.45) is 0. The van der Waals surface area contributed by atoms with E-state index in [-0.39, 0.29) is 0 Å². The molecule has 110 valence electrons. The van der Waals surface area contributed by atoms with Crippen LogP contribution in [0.1, 0.15) is 21.5 Å². The van der Waals surface area contributed by atoms with Gasteiger partial charge in [0.1, 0.15) is 5.75 Å². The van der Waals surface area contributed by atoms with Crippen molar-refractivity contribution < 1.29 is 9.53 Å². The summed E-state index contributed by atoms with van der Waals surface area (Å²) >= 11 is 6.00. The van der Waals surface area contributed by atoms with Gasteiger partial charge in [-0.15, -0.1) is 0 Å². The van der Waals surface area contributed by atoms with E-state index in [1.807, 2.05) is 25.1 Å². The highest BCUT2D eigenvalue weighted by Crippen LogP contribution is 2.28. The van der Waals surface area contributed by atoms with Gasteiger partial charge in [-0.3, -0.25) is 4.79 Å². The molecular formula is C16H17ClN2O2. The molecule has 3 N–H and O–H groups in total. The molecule has 4 nitrogen and oxygen atoms in total. The first-order chi connectivity index (χ1) is 10.0. The summed E-state index contributed by atoms with van der Waals surface area (Å²) in [5, 5.41) is 3.92. The number of nitrogens with one attached hydrogen (secondary N) is 1. The van der Waals surface area contributed by atoms with Gasteiger partial charge in [-0.2, -0.15) is 0 Å². The predicted octanol–water partition coefficient (Wildman–Crippen LogP) is 3.37. The Hall–Kier alpha value is -2.20. The van der Waals surface area contributed by atoms with Crippen LogP contribution in [0.5, 0.6) is 5.75 Å². The van der Waals surface area contributed by atoms with Gasteiger partial charge in [-0.1, -0.05) is 17.7 Å². The third-order valence-corrected chi connectivity index (χ3v) is 3.49. The second-order valence-electron chi connectivity index (χ2n) is 4.70. The van der Waals surface area contributed by atoms with Crippen molar-refractivity contribution in [1.29, 1.82) is 0 Å². The Morgan fingerprint density at radius 3 is 2.67 bits per heavy atom. The minimum atomic E-state index is -0.422. The molecule has 2 aromatic carbocycles. The van der Waals surface area contributed by atoms with E-state index in [0.29, 0.717) is 17.1 Å². The molecule has 0 aliphatic carbocycles. The Bertz CT molecular complexity index is 671. The number of ether oxygens (including phenoxy) is 1. The molecule has 0 atom stereocenters. The average molecular weight is 305 g/mol. The van der Waals surface area contributed by atoms with Crippen molar-refractivity contribution in [2.45, 2.75) is 13.5 Å². The first kappa shape index (κ1) is 15.2. The van der Waals surface area contributed by atoms with Crippen LogP contribution in [-0.2, 0) is 6.54 Å². The van der Waals surface area contributed by atoms with Crippen molar-refractivity contribution in [2.24, 2.45) is 5.73 Å². The van der Waals surface area contributed by atoms with E-state index in [1.165, 1.54) is 0 Å². The monoisotopic (exact) mass is 304 g/mol. The number of hydrogen-bond donors (Lipinski definition) is 2. The number of methoxy groups -OCH3 is 1. The lowest BCUT2D eigenvalue weighted by Gasteiger charge is -2.13. The fraction of sp³-hybridized carbons (Fsp3) is 0.188. The number of rotatable bonds is 5. The van der Waals surface area contributed by atoms with Crippen molar-refractivity contribution in [3.05, 3.63) is 58.1 Å². The molecular weight excluding hydrogens is 288 g/mol. The van der Waals surface area contributed by atoms with Crippen molar-refractivity contribution in [3.8, 4) is 5.75 Å². The van der Waals surface area contributed by atoms with Crippen LogP contribution in [0.15, 0.2) is 36.4 Å². The third-order valence-electron chi connectivity index (χ3n) is 3.26. The van der Waals surface area contributed by atoms with E-state index in [0.717, 1.165) is 22.6 Å². The van der Waals surface area contributed by atoms with E-state index in [1.54, 1.807) is 25.3 Å². The number of carbonyl (C=O) groups excluding carboxylic acids is 1. The Morgan fingerprint density at radius 2 is 2.05 bits per heavy atom. The fourth-order valence-corrected chi connectivity index (χ4v) is 2.23. The summed E-state index contributed by atoms with van der Waals surface area (Å²) in [6.45, 7) is 2.54. The second-order valence-corrected chi connectivity index (χ2v) is 5.14. The summed E-state index contributed by atoms with van der Waals surface area (Å²) in [7, 11) is 1.61. The molecule has 0 radical (unpaired) electrons. The van der Waals surface area contributed by atoms with Crippen LogP contribution in [0.2, 0.25) is 5.02 Å². The van der Waals surface area contributed by atoms with Gasteiger partial charge in [0, 0.05) is 17.1 Å². The smallest absolute Gasteiger partial charge is 0.248 e. The number of anilines is 1. The number of hydrogen-bond acceptors (Lipinski definition) is 3. The Kier molecular flexibility index (Phi) is 4.70. The van der Waals surface area contributed by atoms with Crippen LogP contribution in [0, 0.1) is 6.92 Å². The number of benzene rings is 2. The van der Waals surface area contributed by atoms with E-state index >= 15 is 0 Å². The standard InChI is InChI=1S/C16H17ClN2O2/c1-10-7-11(16(18)20)3-4-12(10)9-19-14-8-13(17)5-6-15(14)21-2/h3-8,19H,9H2,1-2H3,(H2,18,20). The summed E-state index contributed by atoms with van der Waals surface area (Å²) in [6, 6.07) is 10.8. The van der Waals surface area contributed by atoms with Crippen molar-refractivity contribution in [1.82, 2.24) is 0 Å². The van der Waals surface area contributed by atoms with Gasteiger partial charge in [0.15, 0.2) is 0 Å². The van der Waals surface area contributed by atoms with Crippen LogP contribution in [0.25, 0.3) is 0 Å². The summed E-state index contributed by atoms with van der Waals surface area (Å²) in [4.78, 5) is 11.1. The molecule has 0 unspecified atom stereocenters. The average Bonchev–Trinajstić information content (AvgIpc) is 2.46. The van der Waals surface area contributed by atoms with Gasteiger partial charge in [0.05, 0.1) is 12.8 Å². The summed E-state index contributed by atoms with van der Waals surface area (Å²) < 4.78 is 5.29. The highest BCUT2D eigenvalue weighted by molar-refractivity contribution is 6.30. The van der Waals surface area contributed by atoms with Crippen LogP contribution < -0.4 is 15.8 Å². The summed E-state index contributed by atoms with van der Waals surface area (Å²) in [5.74, 6) is 0.305. The zero-order valence-electron chi connectivity index (χ0n) is 11.9. The van der Waals surface area contributed by atoms with Gasteiger partial charge in [0.25, 0.3) is 0 Å². The molecule has 21 heavy (non-hydrogen) atoms. The molecule has 0 spiro atoms. The molecule has 0 heterocycles.